The molecular formula is C16H26O3S. The second kappa shape index (κ2) is 4.08. The minimum atomic E-state index is -3.04. The highest BCUT2D eigenvalue weighted by Gasteiger charge is 2.62. The van der Waals surface area contributed by atoms with Crippen molar-refractivity contribution in [2.24, 2.45) is 22.2 Å². The minimum absolute atomic E-state index is 0.0195. The lowest BCUT2D eigenvalue weighted by molar-refractivity contribution is -0.167. The summed E-state index contributed by atoms with van der Waals surface area (Å²) in [6, 6.07) is 0. The first kappa shape index (κ1) is 14.6. The Hall–Kier alpha value is -0.380. The Labute approximate surface area is 122 Å². The molecule has 0 aromatic carbocycles. The van der Waals surface area contributed by atoms with E-state index in [0.717, 1.165) is 19.3 Å². The van der Waals surface area contributed by atoms with Crippen LogP contribution in [0.3, 0.4) is 0 Å². The molecule has 4 rings (SSSR count). The lowest BCUT2D eigenvalue weighted by atomic mass is 9.39. The number of ketones is 1. The van der Waals surface area contributed by atoms with Crippen LogP contribution in [0.1, 0.15) is 58.8 Å². The van der Waals surface area contributed by atoms with Crippen LogP contribution in [-0.2, 0) is 14.6 Å². The third-order valence-corrected chi connectivity index (χ3v) is 6.86. The maximum Gasteiger partial charge on any atom is 0.147 e. The van der Waals surface area contributed by atoms with Crippen LogP contribution in [0, 0.1) is 22.2 Å². The molecule has 0 N–H and O–H groups in total. The quantitative estimate of drug-likeness (QED) is 0.801. The van der Waals surface area contributed by atoms with Gasteiger partial charge in [0.15, 0.2) is 0 Å². The van der Waals surface area contributed by atoms with Gasteiger partial charge in [-0.2, -0.15) is 0 Å². The lowest BCUT2D eigenvalue weighted by Gasteiger charge is -2.64. The van der Waals surface area contributed by atoms with Crippen LogP contribution in [0.5, 0.6) is 0 Å². The Morgan fingerprint density at radius 3 is 2.05 bits per heavy atom. The van der Waals surface area contributed by atoms with Gasteiger partial charge in [0.1, 0.15) is 15.6 Å². The second-order valence-electron chi connectivity index (χ2n) is 8.71. The van der Waals surface area contributed by atoms with Gasteiger partial charge in [-0.15, -0.1) is 0 Å². The molecule has 0 aromatic heterocycles. The average Bonchev–Trinajstić information content (AvgIpc) is 2.19. The SMILES string of the molecule is CC12CC3CC(C)(C1)CC(C(=O)CCS(C)(=O)=O)(C3)C2. The molecule has 2 atom stereocenters. The number of sulfone groups is 1. The van der Waals surface area contributed by atoms with Crippen molar-refractivity contribution >= 4 is 15.6 Å². The molecule has 4 aliphatic rings. The molecule has 3 nitrogen and oxygen atoms in total. The standard InChI is InChI=1S/C16H26O3S/c1-14-6-12-7-15(2,9-14)11-16(8-12,10-14)13(17)4-5-20(3,18)19/h12H,4-11H2,1-3H3. The predicted molar refractivity (Wildman–Crippen MR) is 79.2 cm³/mol. The van der Waals surface area contributed by atoms with E-state index in [1.54, 1.807) is 0 Å². The minimum Gasteiger partial charge on any atom is -0.299 e. The van der Waals surface area contributed by atoms with E-state index in [2.05, 4.69) is 13.8 Å². The molecule has 2 unspecified atom stereocenters. The van der Waals surface area contributed by atoms with Gasteiger partial charge in [0.05, 0.1) is 5.75 Å². The normalized spacial score (nSPS) is 46.6. The Bertz CT molecular complexity index is 530. The van der Waals surface area contributed by atoms with Gasteiger partial charge in [-0.3, -0.25) is 4.79 Å². The lowest BCUT2D eigenvalue weighted by Crippen LogP contribution is -2.57. The van der Waals surface area contributed by atoms with Gasteiger partial charge in [-0.25, -0.2) is 8.42 Å². The van der Waals surface area contributed by atoms with E-state index in [4.69, 9.17) is 0 Å². The van der Waals surface area contributed by atoms with Crippen molar-refractivity contribution in [2.75, 3.05) is 12.0 Å². The smallest absolute Gasteiger partial charge is 0.147 e. The summed E-state index contributed by atoms with van der Waals surface area (Å²) >= 11 is 0. The van der Waals surface area contributed by atoms with Gasteiger partial charge in [0.25, 0.3) is 0 Å². The molecule has 0 spiro atoms. The molecule has 0 amide bonds. The summed E-state index contributed by atoms with van der Waals surface area (Å²) in [5.74, 6) is 0.930. The molecule has 0 aliphatic heterocycles. The van der Waals surface area contributed by atoms with E-state index in [9.17, 15) is 13.2 Å². The molecule has 4 heteroatoms. The van der Waals surface area contributed by atoms with Crippen LogP contribution >= 0.6 is 0 Å². The number of rotatable bonds is 4. The fourth-order valence-corrected chi connectivity index (χ4v) is 6.86. The molecule has 0 aromatic rings. The summed E-state index contributed by atoms with van der Waals surface area (Å²) in [4.78, 5) is 12.8. The summed E-state index contributed by atoms with van der Waals surface area (Å²) in [5, 5.41) is 0. The third kappa shape index (κ3) is 2.44. The maximum absolute atomic E-state index is 12.8. The Balaban J connectivity index is 1.83. The topological polar surface area (TPSA) is 51.2 Å². The first-order chi connectivity index (χ1) is 9.03. The van der Waals surface area contributed by atoms with Crippen molar-refractivity contribution in [3.63, 3.8) is 0 Å². The van der Waals surface area contributed by atoms with Gasteiger partial charge in [0.2, 0.25) is 0 Å². The van der Waals surface area contributed by atoms with E-state index < -0.39 is 9.84 Å². The summed E-state index contributed by atoms with van der Waals surface area (Å²) in [7, 11) is -3.04. The fourth-order valence-electron chi connectivity index (χ4n) is 6.30. The largest absolute Gasteiger partial charge is 0.299 e. The third-order valence-electron chi connectivity index (χ3n) is 5.92. The van der Waals surface area contributed by atoms with Crippen molar-refractivity contribution in [3.05, 3.63) is 0 Å². The van der Waals surface area contributed by atoms with Crippen molar-refractivity contribution in [1.82, 2.24) is 0 Å². The van der Waals surface area contributed by atoms with E-state index in [-0.39, 0.29) is 23.4 Å². The van der Waals surface area contributed by atoms with Gasteiger partial charge < -0.3 is 0 Å². The number of hydrogen-bond acceptors (Lipinski definition) is 3. The van der Waals surface area contributed by atoms with Crippen molar-refractivity contribution in [3.8, 4) is 0 Å². The summed E-state index contributed by atoms with van der Waals surface area (Å²) < 4.78 is 22.7. The van der Waals surface area contributed by atoms with Gasteiger partial charge in [-0.1, -0.05) is 13.8 Å². The molecule has 0 radical (unpaired) electrons. The van der Waals surface area contributed by atoms with E-state index in [1.807, 2.05) is 0 Å². The monoisotopic (exact) mass is 298 g/mol. The van der Waals surface area contributed by atoms with Crippen LogP contribution < -0.4 is 0 Å². The first-order valence-electron chi connectivity index (χ1n) is 7.74. The average molecular weight is 298 g/mol. The van der Waals surface area contributed by atoms with E-state index in [0.29, 0.717) is 16.7 Å². The maximum atomic E-state index is 12.8. The second-order valence-corrected chi connectivity index (χ2v) is 11.0. The van der Waals surface area contributed by atoms with Crippen molar-refractivity contribution < 1.29 is 13.2 Å². The number of carbonyl (C=O) groups excluding carboxylic acids is 1. The molecule has 4 bridgehead atoms. The van der Waals surface area contributed by atoms with Crippen LogP contribution in [0.2, 0.25) is 0 Å². The molecule has 20 heavy (non-hydrogen) atoms. The van der Waals surface area contributed by atoms with Crippen LogP contribution in [0.15, 0.2) is 0 Å². The van der Waals surface area contributed by atoms with Gasteiger partial charge in [0, 0.05) is 18.1 Å². The number of hydrogen-bond donors (Lipinski definition) is 0. The van der Waals surface area contributed by atoms with Gasteiger partial charge in [-0.05, 0) is 55.3 Å². The highest BCUT2D eigenvalue weighted by Crippen LogP contribution is 2.69. The molecule has 4 aliphatic carbocycles. The Morgan fingerprint density at radius 2 is 1.60 bits per heavy atom. The fraction of sp³-hybridized carbons (Fsp3) is 0.938. The number of carbonyl (C=O) groups is 1. The van der Waals surface area contributed by atoms with Gasteiger partial charge >= 0.3 is 0 Å². The first-order valence-corrected chi connectivity index (χ1v) is 9.81. The van der Waals surface area contributed by atoms with E-state index >= 15 is 0 Å². The van der Waals surface area contributed by atoms with Crippen LogP contribution in [0.4, 0.5) is 0 Å². The number of Topliss-reactive ketones (excluding diaryl/α,β-unsaturated/α-hetero) is 1. The summed E-state index contributed by atoms with van der Waals surface area (Å²) in [5.41, 5.74) is 0.428. The molecular weight excluding hydrogens is 272 g/mol. The van der Waals surface area contributed by atoms with E-state index in [1.165, 1.54) is 25.5 Å². The zero-order chi connectivity index (χ0) is 14.8. The molecule has 114 valence electrons. The highest BCUT2D eigenvalue weighted by atomic mass is 32.2. The Kier molecular flexibility index (Phi) is 2.97. The van der Waals surface area contributed by atoms with Crippen LogP contribution in [0.25, 0.3) is 0 Å². The predicted octanol–water partition coefficient (Wildman–Crippen LogP) is 2.99. The molecule has 4 saturated carbocycles. The van der Waals surface area contributed by atoms with Crippen molar-refractivity contribution in [2.45, 2.75) is 58.8 Å². The molecule has 4 fully saturated rings. The summed E-state index contributed by atoms with van der Waals surface area (Å²) in [6.45, 7) is 4.68. The zero-order valence-corrected chi connectivity index (χ0v) is 13.7. The molecule has 0 saturated heterocycles. The van der Waals surface area contributed by atoms with Crippen molar-refractivity contribution in [1.29, 1.82) is 0 Å². The summed E-state index contributed by atoms with van der Waals surface area (Å²) in [6.07, 6.45) is 8.23. The molecule has 0 heterocycles. The zero-order valence-electron chi connectivity index (χ0n) is 12.9. The van der Waals surface area contributed by atoms with Crippen LogP contribution in [-0.4, -0.2) is 26.2 Å². The Morgan fingerprint density at radius 1 is 1.05 bits per heavy atom. The highest BCUT2D eigenvalue weighted by molar-refractivity contribution is 7.90.